The zero-order valence-corrected chi connectivity index (χ0v) is 13.0. The molecule has 0 fully saturated rings. The summed E-state index contributed by atoms with van der Waals surface area (Å²) >= 11 is 0. The van der Waals surface area contributed by atoms with E-state index >= 15 is 0 Å². The SMILES string of the molecule is CC(=O)[C@H]([C@H](Cc1ccccc1)c1nnn[nH]1)C(C)(C)C. The van der Waals surface area contributed by atoms with Crippen LogP contribution in [0.5, 0.6) is 0 Å². The maximum absolute atomic E-state index is 12.2. The maximum Gasteiger partial charge on any atom is 0.152 e. The molecule has 1 aromatic heterocycles. The minimum absolute atomic E-state index is 0.0556. The molecule has 0 saturated carbocycles. The second-order valence-corrected chi connectivity index (χ2v) is 6.54. The number of nitrogens with one attached hydrogen (secondary N) is 1. The van der Waals surface area contributed by atoms with E-state index in [1.165, 1.54) is 5.56 Å². The van der Waals surface area contributed by atoms with Crippen molar-refractivity contribution in [3.8, 4) is 0 Å². The van der Waals surface area contributed by atoms with E-state index in [2.05, 4.69) is 53.5 Å². The fourth-order valence-electron chi connectivity index (χ4n) is 3.06. The smallest absolute Gasteiger partial charge is 0.152 e. The first-order valence-electron chi connectivity index (χ1n) is 7.17. The molecule has 0 unspecified atom stereocenters. The van der Waals surface area contributed by atoms with Gasteiger partial charge in [0.25, 0.3) is 0 Å². The van der Waals surface area contributed by atoms with Crippen molar-refractivity contribution in [2.75, 3.05) is 0 Å². The summed E-state index contributed by atoms with van der Waals surface area (Å²) in [6, 6.07) is 10.1. The second kappa shape index (κ2) is 6.16. The van der Waals surface area contributed by atoms with E-state index in [0.717, 1.165) is 6.42 Å². The van der Waals surface area contributed by atoms with Crippen molar-refractivity contribution in [1.82, 2.24) is 20.6 Å². The first kappa shape index (κ1) is 15.4. The third kappa shape index (κ3) is 3.74. The molecular weight excluding hydrogens is 264 g/mol. The standard InChI is InChI=1S/C16H22N4O/c1-11(21)14(16(2,3)4)13(15-17-19-20-18-15)10-12-8-6-5-7-9-12/h5-9,13-14H,10H2,1-4H3,(H,17,18,19,20)/t13-,14+/m0/s1. The number of nitrogens with zero attached hydrogens (tertiary/aromatic N) is 3. The molecular formula is C16H22N4O. The van der Waals surface area contributed by atoms with E-state index < -0.39 is 0 Å². The molecule has 0 aliphatic carbocycles. The lowest BCUT2D eigenvalue weighted by molar-refractivity contribution is -0.125. The molecule has 2 aromatic rings. The summed E-state index contributed by atoms with van der Waals surface area (Å²) in [5.41, 5.74) is 1.02. The molecule has 5 heteroatoms. The molecule has 21 heavy (non-hydrogen) atoms. The van der Waals surface area contributed by atoms with Crippen molar-refractivity contribution in [2.24, 2.45) is 11.3 Å². The fraction of sp³-hybridized carbons (Fsp3) is 0.500. The van der Waals surface area contributed by atoms with Gasteiger partial charge in [-0.15, -0.1) is 5.10 Å². The van der Waals surface area contributed by atoms with Crippen molar-refractivity contribution in [3.05, 3.63) is 41.7 Å². The molecule has 5 nitrogen and oxygen atoms in total. The van der Waals surface area contributed by atoms with Crippen molar-refractivity contribution >= 4 is 5.78 Å². The molecule has 2 atom stereocenters. The number of carbonyl (C=O) groups is 1. The Kier molecular flexibility index (Phi) is 4.50. The average molecular weight is 286 g/mol. The number of aromatic nitrogens is 4. The number of aromatic amines is 1. The zero-order valence-electron chi connectivity index (χ0n) is 13.0. The molecule has 2 rings (SSSR count). The number of rotatable bonds is 5. The van der Waals surface area contributed by atoms with Crippen LogP contribution < -0.4 is 0 Å². The lowest BCUT2D eigenvalue weighted by atomic mass is 9.69. The third-order valence-electron chi connectivity index (χ3n) is 3.78. The molecule has 112 valence electrons. The summed E-state index contributed by atoms with van der Waals surface area (Å²) in [6.07, 6.45) is 0.735. The summed E-state index contributed by atoms with van der Waals surface area (Å²) < 4.78 is 0. The van der Waals surface area contributed by atoms with Crippen molar-refractivity contribution < 1.29 is 4.79 Å². The number of benzene rings is 1. The Balaban J connectivity index is 2.38. The van der Waals surface area contributed by atoms with Crippen LogP contribution in [0.3, 0.4) is 0 Å². The van der Waals surface area contributed by atoms with Gasteiger partial charge in [0.05, 0.1) is 0 Å². The minimum atomic E-state index is -0.155. The van der Waals surface area contributed by atoms with Gasteiger partial charge in [-0.05, 0) is 34.7 Å². The van der Waals surface area contributed by atoms with Crippen molar-refractivity contribution in [2.45, 2.75) is 40.0 Å². The quantitative estimate of drug-likeness (QED) is 0.917. The Bertz CT molecular complexity index is 572. The number of Topliss-reactive ketones (excluding diaryl/α,β-unsaturated/α-hetero) is 1. The van der Waals surface area contributed by atoms with E-state index in [1.54, 1.807) is 6.92 Å². The number of hydrogen-bond acceptors (Lipinski definition) is 4. The minimum Gasteiger partial charge on any atom is -0.300 e. The van der Waals surface area contributed by atoms with Gasteiger partial charge in [-0.1, -0.05) is 51.1 Å². The average Bonchev–Trinajstić information content (AvgIpc) is 2.90. The van der Waals surface area contributed by atoms with E-state index in [-0.39, 0.29) is 23.0 Å². The van der Waals surface area contributed by atoms with Crippen LogP contribution in [0.1, 0.15) is 45.0 Å². The topological polar surface area (TPSA) is 71.5 Å². The second-order valence-electron chi connectivity index (χ2n) is 6.54. The summed E-state index contributed by atoms with van der Waals surface area (Å²) in [4.78, 5) is 12.2. The highest BCUT2D eigenvalue weighted by atomic mass is 16.1. The fourth-order valence-corrected chi connectivity index (χ4v) is 3.06. The Hall–Kier alpha value is -2.04. The van der Waals surface area contributed by atoms with Crippen LogP contribution in [0.4, 0.5) is 0 Å². The first-order chi connectivity index (χ1) is 9.89. The molecule has 0 aliphatic rings. The van der Waals surface area contributed by atoms with Gasteiger partial charge in [0, 0.05) is 11.8 Å². The van der Waals surface area contributed by atoms with Crippen molar-refractivity contribution in [1.29, 1.82) is 0 Å². The van der Waals surface area contributed by atoms with E-state index in [9.17, 15) is 4.79 Å². The molecule has 0 saturated heterocycles. The van der Waals surface area contributed by atoms with Gasteiger partial charge in [0.2, 0.25) is 0 Å². The Morgan fingerprint density at radius 2 is 1.90 bits per heavy atom. The summed E-state index contributed by atoms with van der Waals surface area (Å²) in [5, 5.41) is 14.3. The highest BCUT2D eigenvalue weighted by Gasteiger charge is 2.38. The summed E-state index contributed by atoms with van der Waals surface area (Å²) in [5.74, 6) is 0.640. The number of hydrogen-bond donors (Lipinski definition) is 1. The Labute approximate surface area is 125 Å². The molecule has 0 amide bonds. The lowest BCUT2D eigenvalue weighted by Crippen LogP contribution is -2.34. The van der Waals surface area contributed by atoms with Gasteiger partial charge in [0.15, 0.2) is 5.82 Å². The van der Waals surface area contributed by atoms with Crippen LogP contribution >= 0.6 is 0 Å². The highest BCUT2D eigenvalue weighted by molar-refractivity contribution is 5.80. The molecule has 1 aromatic carbocycles. The van der Waals surface area contributed by atoms with E-state index in [1.807, 2.05) is 18.2 Å². The molecule has 0 radical (unpaired) electrons. The highest BCUT2D eigenvalue weighted by Crippen LogP contribution is 2.39. The van der Waals surface area contributed by atoms with Gasteiger partial charge in [-0.2, -0.15) is 0 Å². The predicted octanol–water partition coefficient (Wildman–Crippen LogP) is 2.78. The van der Waals surface area contributed by atoms with Crippen molar-refractivity contribution in [3.63, 3.8) is 0 Å². The zero-order chi connectivity index (χ0) is 15.5. The number of H-pyrrole nitrogens is 1. The Morgan fingerprint density at radius 1 is 1.24 bits per heavy atom. The molecule has 1 N–H and O–H groups in total. The van der Waals surface area contributed by atoms with E-state index in [0.29, 0.717) is 5.82 Å². The largest absolute Gasteiger partial charge is 0.300 e. The van der Waals surface area contributed by atoms with Gasteiger partial charge >= 0.3 is 0 Å². The normalized spacial score (nSPS) is 14.7. The van der Waals surface area contributed by atoms with Crippen LogP contribution in [0.25, 0.3) is 0 Å². The van der Waals surface area contributed by atoms with Gasteiger partial charge < -0.3 is 0 Å². The molecule has 0 aliphatic heterocycles. The summed E-state index contributed by atoms with van der Waals surface area (Å²) in [6.45, 7) is 7.90. The third-order valence-corrected chi connectivity index (χ3v) is 3.78. The first-order valence-corrected chi connectivity index (χ1v) is 7.17. The maximum atomic E-state index is 12.2. The van der Waals surface area contributed by atoms with E-state index in [4.69, 9.17) is 0 Å². The van der Waals surface area contributed by atoms with Gasteiger partial charge in [-0.3, -0.25) is 4.79 Å². The number of ketones is 1. The summed E-state index contributed by atoms with van der Waals surface area (Å²) in [7, 11) is 0. The molecule has 1 heterocycles. The monoisotopic (exact) mass is 286 g/mol. The van der Waals surface area contributed by atoms with Crippen LogP contribution in [0.2, 0.25) is 0 Å². The number of tetrazole rings is 1. The lowest BCUT2D eigenvalue weighted by Gasteiger charge is -2.34. The molecule has 0 bridgehead atoms. The van der Waals surface area contributed by atoms with Crippen LogP contribution in [-0.4, -0.2) is 26.4 Å². The predicted molar refractivity (Wildman–Crippen MR) is 80.7 cm³/mol. The van der Waals surface area contributed by atoms with Crippen LogP contribution in [0.15, 0.2) is 30.3 Å². The van der Waals surface area contributed by atoms with Crippen LogP contribution in [-0.2, 0) is 11.2 Å². The van der Waals surface area contributed by atoms with Gasteiger partial charge in [0.1, 0.15) is 5.78 Å². The number of carbonyl (C=O) groups excluding carboxylic acids is 1. The molecule has 0 spiro atoms. The Morgan fingerprint density at radius 3 is 2.38 bits per heavy atom. The van der Waals surface area contributed by atoms with Gasteiger partial charge in [-0.25, -0.2) is 5.10 Å². The van der Waals surface area contributed by atoms with Crippen LogP contribution in [0, 0.1) is 11.3 Å².